The van der Waals surface area contributed by atoms with E-state index in [2.05, 4.69) is 9.97 Å². The molecule has 0 unspecified atom stereocenters. The minimum Gasteiger partial charge on any atom is -0.478 e. The number of hydrogen-bond donors (Lipinski definition) is 1. The molecule has 0 aliphatic heterocycles. The highest BCUT2D eigenvalue weighted by molar-refractivity contribution is 5.89. The van der Waals surface area contributed by atoms with E-state index in [1.165, 1.54) is 0 Å². The highest BCUT2D eigenvalue weighted by Gasteiger charge is 2.15. The van der Waals surface area contributed by atoms with Crippen LogP contribution in [0.5, 0.6) is 0 Å². The van der Waals surface area contributed by atoms with Gasteiger partial charge in [0.1, 0.15) is 0 Å². The lowest BCUT2D eigenvalue weighted by Gasteiger charge is -2.10. The van der Waals surface area contributed by atoms with Crippen molar-refractivity contribution in [2.75, 3.05) is 0 Å². The standard InChI is InChI=1S/C14H14N2O2/c1-9(2)13-11(14(17)18)5-6-12(16-13)10-4-3-7-15-8-10/h3-9H,1-2H3,(H,17,18). The van der Waals surface area contributed by atoms with Crippen molar-refractivity contribution >= 4 is 5.97 Å². The molecular formula is C14H14N2O2. The van der Waals surface area contributed by atoms with Crippen molar-refractivity contribution < 1.29 is 9.90 Å². The summed E-state index contributed by atoms with van der Waals surface area (Å²) >= 11 is 0. The van der Waals surface area contributed by atoms with Gasteiger partial charge in [0.05, 0.1) is 17.0 Å². The van der Waals surface area contributed by atoms with Gasteiger partial charge >= 0.3 is 5.97 Å². The predicted molar refractivity (Wildman–Crippen MR) is 68.5 cm³/mol. The minimum absolute atomic E-state index is 0.0627. The smallest absolute Gasteiger partial charge is 0.337 e. The summed E-state index contributed by atoms with van der Waals surface area (Å²) in [6.45, 7) is 3.86. The fourth-order valence-electron chi connectivity index (χ4n) is 1.77. The molecule has 1 N–H and O–H groups in total. The fraction of sp³-hybridized carbons (Fsp3) is 0.214. The Morgan fingerprint density at radius 1 is 1.28 bits per heavy atom. The Morgan fingerprint density at radius 2 is 2.06 bits per heavy atom. The summed E-state index contributed by atoms with van der Waals surface area (Å²) in [5, 5.41) is 9.12. The normalized spacial score (nSPS) is 10.6. The molecule has 0 amide bonds. The van der Waals surface area contributed by atoms with E-state index in [4.69, 9.17) is 5.11 Å². The summed E-state index contributed by atoms with van der Waals surface area (Å²) in [5.74, 6) is -0.878. The Balaban J connectivity index is 2.54. The number of pyridine rings is 2. The van der Waals surface area contributed by atoms with Gasteiger partial charge in [-0.1, -0.05) is 13.8 Å². The van der Waals surface area contributed by atoms with Gasteiger partial charge in [0.15, 0.2) is 0 Å². The van der Waals surface area contributed by atoms with Crippen LogP contribution in [0.3, 0.4) is 0 Å². The summed E-state index contributed by atoms with van der Waals surface area (Å²) in [4.78, 5) is 19.6. The second-order valence-electron chi connectivity index (χ2n) is 4.33. The molecular weight excluding hydrogens is 228 g/mol. The van der Waals surface area contributed by atoms with E-state index in [1.54, 1.807) is 24.5 Å². The molecule has 2 rings (SSSR count). The molecule has 0 atom stereocenters. The molecule has 2 heterocycles. The Kier molecular flexibility index (Phi) is 3.37. The molecule has 18 heavy (non-hydrogen) atoms. The first-order chi connectivity index (χ1) is 8.59. The zero-order valence-corrected chi connectivity index (χ0v) is 10.3. The Labute approximate surface area is 105 Å². The largest absolute Gasteiger partial charge is 0.478 e. The molecule has 0 saturated carbocycles. The summed E-state index contributed by atoms with van der Waals surface area (Å²) < 4.78 is 0. The van der Waals surface area contributed by atoms with E-state index < -0.39 is 5.97 Å². The molecule has 0 fully saturated rings. The van der Waals surface area contributed by atoms with Gasteiger partial charge in [-0.3, -0.25) is 9.97 Å². The summed E-state index contributed by atoms with van der Waals surface area (Å²) in [5.41, 5.74) is 2.50. The van der Waals surface area contributed by atoms with E-state index in [-0.39, 0.29) is 11.5 Å². The number of hydrogen-bond acceptors (Lipinski definition) is 3. The molecule has 0 aromatic carbocycles. The van der Waals surface area contributed by atoms with Crippen LogP contribution in [0.1, 0.15) is 35.8 Å². The number of aromatic nitrogens is 2. The van der Waals surface area contributed by atoms with Crippen molar-refractivity contribution in [1.29, 1.82) is 0 Å². The second kappa shape index (κ2) is 4.96. The van der Waals surface area contributed by atoms with E-state index in [1.807, 2.05) is 26.0 Å². The summed E-state index contributed by atoms with van der Waals surface area (Å²) in [7, 11) is 0. The molecule has 0 radical (unpaired) electrons. The lowest BCUT2D eigenvalue weighted by molar-refractivity contribution is 0.0694. The third-order valence-electron chi connectivity index (χ3n) is 2.66. The molecule has 4 heteroatoms. The van der Waals surface area contributed by atoms with E-state index in [0.717, 1.165) is 11.3 Å². The van der Waals surface area contributed by atoms with Crippen LogP contribution >= 0.6 is 0 Å². The van der Waals surface area contributed by atoms with Gasteiger partial charge in [-0.25, -0.2) is 4.79 Å². The van der Waals surface area contributed by atoms with Gasteiger partial charge in [-0.15, -0.1) is 0 Å². The zero-order chi connectivity index (χ0) is 13.1. The van der Waals surface area contributed by atoms with Gasteiger partial charge in [0.2, 0.25) is 0 Å². The zero-order valence-electron chi connectivity index (χ0n) is 10.3. The number of aromatic carboxylic acids is 1. The van der Waals surface area contributed by atoms with Gasteiger partial charge in [0.25, 0.3) is 0 Å². The SMILES string of the molecule is CC(C)c1nc(-c2cccnc2)ccc1C(=O)O. The minimum atomic E-state index is -0.941. The number of rotatable bonds is 3. The van der Waals surface area contributed by atoms with Crippen molar-refractivity contribution in [3.05, 3.63) is 47.9 Å². The molecule has 4 nitrogen and oxygen atoms in total. The monoisotopic (exact) mass is 242 g/mol. The molecule has 0 saturated heterocycles. The third-order valence-corrected chi connectivity index (χ3v) is 2.66. The average molecular weight is 242 g/mol. The Hall–Kier alpha value is -2.23. The molecule has 2 aromatic heterocycles. The van der Waals surface area contributed by atoms with Crippen molar-refractivity contribution in [1.82, 2.24) is 9.97 Å². The second-order valence-corrected chi connectivity index (χ2v) is 4.33. The topological polar surface area (TPSA) is 63.1 Å². The van der Waals surface area contributed by atoms with Crippen LogP contribution in [-0.2, 0) is 0 Å². The predicted octanol–water partition coefficient (Wildman–Crippen LogP) is 2.97. The molecule has 0 aliphatic carbocycles. The van der Waals surface area contributed by atoms with Gasteiger partial charge < -0.3 is 5.11 Å². The van der Waals surface area contributed by atoms with Crippen molar-refractivity contribution in [2.24, 2.45) is 0 Å². The van der Waals surface area contributed by atoms with E-state index in [0.29, 0.717) is 5.69 Å². The fourth-order valence-corrected chi connectivity index (χ4v) is 1.77. The van der Waals surface area contributed by atoms with Gasteiger partial charge in [0, 0.05) is 18.0 Å². The third kappa shape index (κ3) is 2.37. The molecule has 92 valence electrons. The van der Waals surface area contributed by atoms with Crippen LogP contribution in [0.4, 0.5) is 0 Å². The first kappa shape index (κ1) is 12.2. The van der Waals surface area contributed by atoms with Crippen LogP contribution in [0, 0.1) is 0 Å². The van der Waals surface area contributed by atoms with Gasteiger partial charge in [-0.05, 0) is 30.2 Å². The number of carbonyl (C=O) groups is 1. The molecule has 0 spiro atoms. The lowest BCUT2D eigenvalue weighted by atomic mass is 10.0. The van der Waals surface area contributed by atoms with Crippen LogP contribution in [0.2, 0.25) is 0 Å². The first-order valence-corrected chi connectivity index (χ1v) is 5.74. The Morgan fingerprint density at radius 3 is 2.61 bits per heavy atom. The number of carboxylic acids is 1. The maximum Gasteiger partial charge on any atom is 0.337 e. The quantitative estimate of drug-likeness (QED) is 0.898. The van der Waals surface area contributed by atoms with Crippen LogP contribution in [-0.4, -0.2) is 21.0 Å². The van der Waals surface area contributed by atoms with Crippen molar-refractivity contribution in [2.45, 2.75) is 19.8 Å². The lowest BCUT2D eigenvalue weighted by Crippen LogP contribution is -2.07. The van der Waals surface area contributed by atoms with E-state index >= 15 is 0 Å². The maximum absolute atomic E-state index is 11.1. The number of carboxylic acid groups (broad SMARTS) is 1. The summed E-state index contributed by atoms with van der Waals surface area (Å²) in [6, 6.07) is 7.05. The molecule has 2 aromatic rings. The molecule has 0 aliphatic rings. The summed E-state index contributed by atoms with van der Waals surface area (Å²) in [6.07, 6.45) is 3.41. The van der Waals surface area contributed by atoms with Crippen molar-refractivity contribution in [3.8, 4) is 11.3 Å². The average Bonchev–Trinajstić information content (AvgIpc) is 2.39. The number of nitrogens with zero attached hydrogens (tertiary/aromatic N) is 2. The maximum atomic E-state index is 11.1. The van der Waals surface area contributed by atoms with Crippen LogP contribution in [0.25, 0.3) is 11.3 Å². The Bertz CT molecular complexity index is 565. The van der Waals surface area contributed by atoms with Crippen LogP contribution < -0.4 is 0 Å². The highest BCUT2D eigenvalue weighted by Crippen LogP contribution is 2.22. The molecule has 0 bridgehead atoms. The highest BCUT2D eigenvalue weighted by atomic mass is 16.4. The van der Waals surface area contributed by atoms with Gasteiger partial charge in [-0.2, -0.15) is 0 Å². The first-order valence-electron chi connectivity index (χ1n) is 5.74. The van der Waals surface area contributed by atoms with Crippen molar-refractivity contribution in [3.63, 3.8) is 0 Å². The van der Waals surface area contributed by atoms with E-state index in [9.17, 15) is 4.79 Å². The van der Waals surface area contributed by atoms with Crippen LogP contribution in [0.15, 0.2) is 36.7 Å².